The van der Waals surface area contributed by atoms with E-state index in [2.05, 4.69) is 10.1 Å². The van der Waals surface area contributed by atoms with Crippen molar-refractivity contribution in [3.63, 3.8) is 0 Å². The van der Waals surface area contributed by atoms with Gasteiger partial charge in [0.1, 0.15) is 12.4 Å². The minimum atomic E-state index is -0.588. The molecule has 0 unspecified atom stereocenters. The maximum atomic E-state index is 13.5. The molecule has 0 bridgehead atoms. The Labute approximate surface area is 95.1 Å². The first-order chi connectivity index (χ1) is 7.09. The van der Waals surface area contributed by atoms with E-state index < -0.39 is 18.0 Å². The van der Waals surface area contributed by atoms with Crippen LogP contribution < -0.4 is 5.32 Å². The van der Waals surface area contributed by atoms with Crippen LogP contribution in [-0.2, 0) is 4.74 Å². The van der Waals surface area contributed by atoms with E-state index in [0.29, 0.717) is 0 Å². The van der Waals surface area contributed by atoms with E-state index in [1.165, 1.54) is 12.1 Å². The lowest BCUT2D eigenvalue weighted by Crippen LogP contribution is -2.19. The molecule has 1 aromatic rings. The Balaban J connectivity index is 2.43. The van der Waals surface area contributed by atoms with Crippen LogP contribution in [0.2, 0.25) is 10.0 Å². The highest BCUT2D eigenvalue weighted by atomic mass is 35.5. The van der Waals surface area contributed by atoms with Crippen molar-refractivity contribution in [1.29, 1.82) is 0 Å². The maximum Gasteiger partial charge on any atom is 0.407 e. The molecular formula is C9H6Cl2FNO2. The molecule has 2 rings (SSSR count). The summed E-state index contributed by atoms with van der Waals surface area (Å²) < 4.78 is 18.1. The molecule has 1 aromatic carbocycles. The number of alkyl carbamates (subject to hydrolysis) is 1. The molecule has 3 nitrogen and oxygen atoms in total. The van der Waals surface area contributed by atoms with Crippen molar-refractivity contribution >= 4 is 29.3 Å². The number of benzene rings is 1. The molecule has 0 aliphatic carbocycles. The highest BCUT2D eigenvalue weighted by Gasteiger charge is 2.29. The van der Waals surface area contributed by atoms with E-state index in [1.807, 2.05) is 0 Å². The van der Waals surface area contributed by atoms with E-state index in [4.69, 9.17) is 23.2 Å². The van der Waals surface area contributed by atoms with Crippen LogP contribution in [0.5, 0.6) is 0 Å². The van der Waals surface area contributed by atoms with Gasteiger partial charge in [0, 0.05) is 5.56 Å². The van der Waals surface area contributed by atoms with Crippen molar-refractivity contribution in [1.82, 2.24) is 5.32 Å². The zero-order chi connectivity index (χ0) is 11.0. The summed E-state index contributed by atoms with van der Waals surface area (Å²) in [5, 5.41) is 2.78. The maximum absolute atomic E-state index is 13.5. The number of nitrogens with one attached hydrogen (secondary N) is 1. The molecule has 1 N–H and O–H groups in total. The van der Waals surface area contributed by atoms with Gasteiger partial charge in [0.25, 0.3) is 0 Å². The molecule has 80 valence electrons. The summed E-state index contributed by atoms with van der Waals surface area (Å²) in [5.41, 5.74) is 0.162. The summed E-state index contributed by atoms with van der Waals surface area (Å²) in [6.45, 7) is 0.0514. The molecular weight excluding hydrogens is 244 g/mol. The first-order valence-corrected chi connectivity index (χ1v) is 4.92. The second kappa shape index (κ2) is 3.87. The predicted molar refractivity (Wildman–Crippen MR) is 53.6 cm³/mol. The SMILES string of the molecule is O=C1N[C@H](c2c(F)ccc(Cl)c2Cl)CO1. The van der Waals surface area contributed by atoms with Crippen LogP contribution in [0.1, 0.15) is 11.6 Å². The fraction of sp³-hybridized carbons (Fsp3) is 0.222. The molecule has 0 spiro atoms. The Morgan fingerprint density at radius 1 is 1.47 bits per heavy atom. The minimum absolute atomic E-state index is 0.0514. The lowest BCUT2D eigenvalue weighted by atomic mass is 10.1. The van der Waals surface area contributed by atoms with Crippen LogP contribution in [0, 0.1) is 5.82 Å². The van der Waals surface area contributed by atoms with Gasteiger partial charge in [-0.05, 0) is 12.1 Å². The van der Waals surface area contributed by atoms with Crippen molar-refractivity contribution in [3.05, 3.63) is 33.6 Å². The second-order valence-corrected chi connectivity index (χ2v) is 3.84. The molecule has 1 saturated heterocycles. The van der Waals surface area contributed by atoms with Gasteiger partial charge in [0.05, 0.1) is 16.1 Å². The molecule has 0 radical (unpaired) electrons. The van der Waals surface area contributed by atoms with E-state index in [9.17, 15) is 9.18 Å². The van der Waals surface area contributed by atoms with Crippen molar-refractivity contribution in [2.24, 2.45) is 0 Å². The monoisotopic (exact) mass is 249 g/mol. The first-order valence-electron chi connectivity index (χ1n) is 4.16. The number of hydrogen-bond donors (Lipinski definition) is 1. The number of rotatable bonds is 1. The molecule has 1 aliphatic heterocycles. The van der Waals surface area contributed by atoms with Crippen LogP contribution in [0.15, 0.2) is 12.1 Å². The van der Waals surface area contributed by atoms with Gasteiger partial charge < -0.3 is 10.1 Å². The van der Waals surface area contributed by atoms with Crippen LogP contribution in [0.4, 0.5) is 9.18 Å². The normalized spacial score (nSPS) is 19.9. The fourth-order valence-electron chi connectivity index (χ4n) is 1.40. The summed E-state index contributed by atoms with van der Waals surface area (Å²) in [7, 11) is 0. The van der Waals surface area contributed by atoms with E-state index >= 15 is 0 Å². The predicted octanol–water partition coefficient (Wildman–Crippen LogP) is 2.91. The Kier molecular flexibility index (Phi) is 2.71. The Hall–Kier alpha value is -1.000. The molecule has 0 aromatic heterocycles. The highest BCUT2D eigenvalue weighted by molar-refractivity contribution is 6.42. The average molecular weight is 250 g/mol. The first kappa shape index (κ1) is 10.5. The van der Waals surface area contributed by atoms with Gasteiger partial charge in [-0.15, -0.1) is 0 Å². The summed E-state index contributed by atoms with van der Waals surface area (Å²) in [6.07, 6.45) is -0.588. The molecule has 1 amide bonds. The Morgan fingerprint density at radius 3 is 2.80 bits per heavy atom. The number of ether oxygens (including phenoxy) is 1. The third-order valence-corrected chi connectivity index (χ3v) is 2.92. The van der Waals surface area contributed by atoms with Crippen molar-refractivity contribution in [2.75, 3.05) is 6.61 Å². The van der Waals surface area contributed by atoms with Gasteiger partial charge in [0.2, 0.25) is 0 Å². The lowest BCUT2D eigenvalue weighted by Gasteiger charge is -2.11. The number of cyclic esters (lactones) is 1. The number of amides is 1. The number of hydrogen-bond acceptors (Lipinski definition) is 2. The average Bonchev–Trinajstić information content (AvgIpc) is 2.59. The van der Waals surface area contributed by atoms with Gasteiger partial charge in [0.15, 0.2) is 0 Å². The lowest BCUT2D eigenvalue weighted by molar-refractivity contribution is 0.177. The molecule has 1 heterocycles. The quantitative estimate of drug-likeness (QED) is 0.778. The van der Waals surface area contributed by atoms with Gasteiger partial charge in [-0.25, -0.2) is 9.18 Å². The van der Waals surface area contributed by atoms with Gasteiger partial charge in [-0.3, -0.25) is 0 Å². The summed E-state index contributed by atoms with van der Waals surface area (Å²) >= 11 is 11.6. The summed E-state index contributed by atoms with van der Waals surface area (Å²) in [4.78, 5) is 10.8. The molecule has 6 heteroatoms. The molecule has 0 saturated carbocycles. The molecule has 1 atom stereocenters. The van der Waals surface area contributed by atoms with Gasteiger partial charge >= 0.3 is 6.09 Å². The highest BCUT2D eigenvalue weighted by Crippen LogP contribution is 2.33. The van der Waals surface area contributed by atoms with Crippen LogP contribution in [0.25, 0.3) is 0 Å². The largest absolute Gasteiger partial charge is 0.447 e. The van der Waals surface area contributed by atoms with Crippen molar-refractivity contribution in [3.8, 4) is 0 Å². The molecule has 1 aliphatic rings. The van der Waals surface area contributed by atoms with Crippen LogP contribution in [-0.4, -0.2) is 12.7 Å². The van der Waals surface area contributed by atoms with E-state index in [-0.39, 0.29) is 22.2 Å². The minimum Gasteiger partial charge on any atom is -0.447 e. The molecule has 15 heavy (non-hydrogen) atoms. The van der Waals surface area contributed by atoms with Crippen molar-refractivity contribution in [2.45, 2.75) is 6.04 Å². The van der Waals surface area contributed by atoms with Crippen LogP contribution >= 0.6 is 23.2 Å². The summed E-state index contributed by atoms with van der Waals surface area (Å²) in [6, 6.07) is 1.98. The fourth-order valence-corrected chi connectivity index (χ4v) is 1.85. The topological polar surface area (TPSA) is 38.3 Å². The number of halogens is 3. The zero-order valence-electron chi connectivity index (χ0n) is 7.39. The number of carbonyl (C=O) groups is 1. The molecule has 1 fully saturated rings. The Bertz CT molecular complexity index is 425. The number of carbonyl (C=O) groups excluding carboxylic acids is 1. The third kappa shape index (κ3) is 1.87. The van der Waals surface area contributed by atoms with Gasteiger partial charge in [-0.1, -0.05) is 23.2 Å². The second-order valence-electron chi connectivity index (χ2n) is 3.05. The zero-order valence-corrected chi connectivity index (χ0v) is 8.90. The van der Waals surface area contributed by atoms with E-state index in [1.54, 1.807) is 0 Å². The van der Waals surface area contributed by atoms with Crippen LogP contribution in [0.3, 0.4) is 0 Å². The third-order valence-electron chi connectivity index (χ3n) is 2.10. The smallest absolute Gasteiger partial charge is 0.407 e. The van der Waals surface area contributed by atoms with Crippen molar-refractivity contribution < 1.29 is 13.9 Å². The van der Waals surface area contributed by atoms with Gasteiger partial charge in [-0.2, -0.15) is 0 Å². The Morgan fingerprint density at radius 2 is 2.20 bits per heavy atom. The standard InChI is InChI=1S/C9H6Cl2FNO2/c10-4-1-2-5(12)7(8(4)11)6-3-15-9(14)13-6/h1-2,6H,3H2,(H,13,14)/t6-/m0/s1. The van der Waals surface area contributed by atoms with E-state index in [0.717, 1.165) is 0 Å². The summed E-state index contributed by atoms with van der Waals surface area (Å²) in [5.74, 6) is -0.514.